The van der Waals surface area contributed by atoms with Crippen LogP contribution in [-0.2, 0) is 6.54 Å². The lowest BCUT2D eigenvalue weighted by Crippen LogP contribution is -2.32. The maximum atomic E-state index is 5.75. The van der Waals surface area contributed by atoms with Crippen LogP contribution in [0.15, 0.2) is 41.7 Å². The molecule has 2 rings (SSSR count). The molecule has 0 aliphatic carbocycles. The number of nitrogens with zero attached hydrogens (tertiary/aromatic N) is 3. The Bertz CT molecular complexity index is 624. The molecule has 5 heteroatoms. The molecule has 0 aromatic carbocycles. The van der Waals surface area contributed by atoms with E-state index in [1.807, 2.05) is 42.8 Å². The molecule has 0 unspecified atom stereocenters. The molecule has 5 nitrogen and oxygen atoms in total. The number of fused-ring (bicyclic) bond motifs is 1. The fraction of sp³-hybridized carbons (Fsp3) is 0.286. The first-order valence-corrected chi connectivity index (χ1v) is 6.17. The minimum absolute atomic E-state index is 0.413. The lowest BCUT2D eigenvalue weighted by Gasteiger charge is -2.03. The molecule has 2 aromatic rings. The van der Waals surface area contributed by atoms with Gasteiger partial charge in [-0.3, -0.25) is 0 Å². The van der Waals surface area contributed by atoms with Crippen LogP contribution in [0.3, 0.4) is 0 Å². The molecule has 0 amide bonds. The van der Waals surface area contributed by atoms with Crippen LogP contribution in [0.1, 0.15) is 18.2 Å². The molecule has 3 N–H and O–H groups in total. The summed E-state index contributed by atoms with van der Waals surface area (Å²) in [6.45, 7) is 8.88. The van der Waals surface area contributed by atoms with Crippen molar-refractivity contribution in [2.24, 2.45) is 10.7 Å². The predicted molar refractivity (Wildman–Crippen MR) is 78.1 cm³/mol. The minimum Gasteiger partial charge on any atom is -0.370 e. The van der Waals surface area contributed by atoms with E-state index >= 15 is 0 Å². The Morgan fingerprint density at radius 2 is 2.37 bits per heavy atom. The van der Waals surface area contributed by atoms with E-state index in [9.17, 15) is 0 Å². The maximum Gasteiger partial charge on any atom is 0.189 e. The number of aromatic nitrogens is 2. The second-order valence-corrected chi connectivity index (χ2v) is 4.71. The highest BCUT2D eigenvalue weighted by molar-refractivity contribution is 5.78. The summed E-state index contributed by atoms with van der Waals surface area (Å²) >= 11 is 0. The Labute approximate surface area is 112 Å². The smallest absolute Gasteiger partial charge is 0.189 e. The van der Waals surface area contributed by atoms with E-state index in [2.05, 4.69) is 21.9 Å². The number of rotatable bonds is 4. The Morgan fingerprint density at radius 1 is 1.58 bits per heavy atom. The standard InChI is InChI=1S/C14H19N5/c1-10(2)7-16-14(15)17-8-12-9-19-5-4-11(3)6-13(19)18-12/h4-6,9H,1,7-8H2,2-3H3,(H3,15,16,17). The quantitative estimate of drug-likeness (QED) is 0.497. The van der Waals surface area contributed by atoms with Gasteiger partial charge in [-0.25, -0.2) is 9.98 Å². The third kappa shape index (κ3) is 3.58. The summed E-state index contributed by atoms with van der Waals surface area (Å²) < 4.78 is 1.98. The van der Waals surface area contributed by atoms with Crippen LogP contribution >= 0.6 is 0 Å². The zero-order valence-corrected chi connectivity index (χ0v) is 11.3. The van der Waals surface area contributed by atoms with E-state index in [1.165, 1.54) is 5.56 Å². The van der Waals surface area contributed by atoms with Crippen LogP contribution in [0, 0.1) is 6.92 Å². The van der Waals surface area contributed by atoms with E-state index in [4.69, 9.17) is 5.73 Å². The van der Waals surface area contributed by atoms with Gasteiger partial charge in [0.2, 0.25) is 0 Å². The Hall–Kier alpha value is -2.30. The van der Waals surface area contributed by atoms with Gasteiger partial charge in [0, 0.05) is 18.9 Å². The summed E-state index contributed by atoms with van der Waals surface area (Å²) in [7, 11) is 0. The molecule has 0 spiro atoms. The van der Waals surface area contributed by atoms with Crippen LogP contribution in [0.25, 0.3) is 5.65 Å². The third-order valence-electron chi connectivity index (χ3n) is 2.65. The summed E-state index contributed by atoms with van der Waals surface area (Å²) in [5.41, 5.74) is 9.78. The normalized spacial score (nSPS) is 11.8. The first kappa shape index (κ1) is 13.1. The minimum atomic E-state index is 0.413. The molecular formula is C14H19N5. The number of nitrogens with one attached hydrogen (secondary N) is 1. The van der Waals surface area contributed by atoms with Crippen molar-refractivity contribution >= 4 is 11.6 Å². The summed E-state index contributed by atoms with van der Waals surface area (Å²) in [6, 6.07) is 4.08. The second-order valence-electron chi connectivity index (χ2n) is 4.71. The van der Waals surface area contributed by atoms with Crippen LogP contribution in [0.5, 0.6) is 0 Å². The average Bonchev–Trinajstić information content (AvgIpc) is 2.75. The highest BCUT2D eigenvalue weighted by Crippen LogP contribution is 2.08. The molecule has 0 aliphatic heterocycles. The van der Waals surface area contributed by atoms with Gasteiger partial charge in [-0.1, -0.05) is 12.2 Å². The van der Waals surface area contributed by atoms with Gasteiger partial charge in [-0.2, -0.15) is 0 Å². The van der Waals surface area contributed by atoms with Crippen LogP contribution in [-0.4, -0.2) is 21.9 Å². The van der Waals surface area contributed by atoms with E-state index in [0.717, 1.165) is 16.9 Å². The predicted octanol–water partition coefficient (Wildman–Crippen LogP) is 1.62. The van der Waals surface area contributed by atoms with Crippen molar-refractivity contribution in [1.29, 1.82) is 0 Å². The lowest BCUT2D eigenvalue weighted by molar-refractivity contribution is 0.928. The van der Waals surface area contributed by atoms with Gasteiger partial charge in [-0.15, -0.1) is 0 Å². The zero-order valence-electron chi connectivity index (χ0n) is 11.3. The molecule has 0 fully saturated rings. The van der Waals surface area contributed by atoms with Crippen molar-refractivity contribution in [3.8, 4) is 0 Å². The van der Waals surface area contributed by atoms with Crippen molar-refractivity contribution in [3.05, 3.63) is 47.9 Å². The topological polar surface area (TPSA) is 67.7 Å². The molecule has 0 bridgehead atoms. The Kier molecular flexibility index (Phi) is 3.85. The number of guanidine groups is 1. The molecule has 19 heavy (non-hydrogen) atoms. The summed E-state index contributed by atoms with van der Waals surface area (Å²) in [6.07, 6.45) is 3.96. The van der Waals surface area contributed by atoms with Crippen molar-refractivity contribution in [1.82, 2.24) is 14.7 Å². The van der Waals surface area contributed by atoms with E-state index in [1.54, 1.807) is 0 Å². The number of aryl methyl sites for hydroxylation is 1. The van der Waals surface area contributed by atoms with Gasteiger partial charge in [0.1, 0.15) is 5.65 Å². The molecule has 2 heterocycles. The summed E-state index contributed by atoms with van der Waals surface area (Å²) in [4.78, 5) is 8.75. The molecule has 0 aliphatic rings. The van der Waals surface area contributed by atoms with Crippen molar-refractivity contribution < 1.29 is 0 Å². The monoisotopic (exact) mass is 257 g/mol. The van der Waals surface area contributed by atoms with Gasteiger partial charge in [0.05, 0.1) is 12.2 Å². The van der Waals surface area contributed by atoms with Crippen LogP contribution in [0.2, 0.25) is 0 Å². The summed E-state index contributed by atoms with van der Waals surface area (Å²) in [5.74, 6) is 0.413. The first-order chi connectivity index (χ1) is 9.04. The van der Waals surface area contributed by atoms with Crippen LogP contribution in [0.4, 0.5) is 0 Å². The Morgan fingerprint density at radius 3 is 3.11 bits per heavy atom. The van der Waals surface area contributed by atoms with E-state index in [0.29, 0.717) is 19.0 Å². The molecule has 0 atom stereocenters. The van der Waals surface area contributed by atoms with Gasteiger partial charge in [0.15, 0.2) is 5.96 Å². The summed E-state index contributed by atoms with van der Waals surface area (Å²) in [5, 5.41) is 2.99. The van der Waals surface area contributed by atoms with Crippen molar-refractivity contribution in [2.45, 2.75) is 20.4 Å². The largest absolute Gasteiger partial charge is 0.370 e. The Balaban J connectivity index is 2.05. The zero-order chi connectivity index (χ0) is 13.8. The third-order valence-corrected chi connectivity index (χ3v) is 2.65. The van der Waals surface area contributed by atoms with Gasteiger partial charge in [0.25, 0.3) is 0 Å². The molecule has 0 saturated heterocycles. The van der Waals surface area contributed by atoms with Gasteiger partial charge in [-0.05, 0) is 31.5 Å². The second kappa shape index (κ2) is 5.56. The van der Waals surface area contributed by atoms with Gasteiger partial charge >= 0.3 is 0 Å². The van der Waals surface area contributed by atoms with Crippen molar-refractivity contribution in [2.75, 3.05) is 6.54 Å². The average molecular weight is 257 g/mol. The fourth-order valence-corrected chi connectivity index (χ4v) is 1.68. The van der Waals surface area contributed by atoms with E-state index in [-0.39, 0.29) is 0 Å². The SMILES string of the molecule is C=C(C)CNC(N)=NCc1cn2ccc(C)cc2n1. The number of imidazole rings is 1. The number of hydrogen-bond donors (Lipinski definition) is 2. The number of hydrogen-bond acceptors (Lipinski definition) is 2. The van der Waals surface area contributed by atoms with Crippen LogP contribution < -0.4 is 11.1 Å². The highest BCUT2D eigenvalue weighted by atomic mass is 15.1. The fourth-order valence-electron chi connectivity index (χ4n) is 1.68. The molecule has 100 valence electrons. The number of aliphatic imine (C=N–C) groups is 1. The first-order valence-electron chi connectivity index (χ1n) is 6.17. The van der Waals surface area contributed by atoms with Crippen molar-refractivity contribution in [3.63, 3.8) is 0 Å². The molecule has 2 aromatic heterocycles. The lowest BCUT2D eigenvalue weighted by atomic mass is 10.3. The number of pyridine rings is 1. The highest BCUT2D eigenvalue weighted by Gasteiger charge is 2.01. The molecular weight excluding hydrogens is 238 g/mol. The molecule has 0 radical (unpaired) electrons. The number of nitrogens with two attached hydrogens (primary N) is 1. The molecule has 0 saturated carbocycles. The van der Waals surface area contributed by atoms with E-state index < -0.39 is 0 Å². The van der Waals surface area contributed by atoms with Gasteiger partial charge < -0.3 is 15.5 Å². The maximum absolute atomic E-state index is 5.75.